The number of carbonyl (C=O) groups excluding carboxylic acids is 3. The molecule has 0 heterocycles. The zero-order valence-electron chi connectivity index (χ0n) is 16.8. The molecule has 0 atom stereocenters. The molecule has 1 fully saturated rings. The lowest BCUT2D eigenvalue weighted by atomic mass is 10.1. The molecule has 0 saturated heterocycles. The molecule has 31 heavy (non-hydrogen) atoms. The summed E-state index contributed by atoms with van der Waals surface area (Å²) in [6.45, 7) is -0.405. The molecule has 1 aliphatic rings. The van der Waals surface area contributed by atoms with Crippen molar-refractivity contribution in [1.29, 1.82) is 0 Å². The van der Waals surface area contributed by atoms with Gasteiger partial charge in [-0.25, -0.2) is 4.79 Å². The average Bonchev–Trinajstić information content (AvgIpc) is 3.64. The van der Waals surface area contributed by atoms with E-state index in [9.17, 15) is 14.4 Å². The molecular weight excluding hydrogens is 392 g/mol. The van der Waals surface area contributed by atoms with Crippen LogP contribution in [0.1, 0.15) is 23.2 Å². The van der Waals surface area contributed by atoms with Crippen molar-refractivity contribution in [3.63, 3.8) is 0 Å². The fourth-order valence-corrected chi connectivity index (χ4v) is 3.10. The minimum atomic E-state index is -0.628. The number of carbonyl (C=O) groups is 3. The molecule has 0 aromatic heterocycles. The van der Waals surface area contributed by atoms with Gasteiger partial charge in [-0.3, -0.25) is 9.59 Å². The van der Waals surface area contributed by atoms with Crippen molar-refractivity contribution in [3.8, 4) is 11.1 Å². The van der Waals surface area contributed by atoms with Gasteiger partial charge in [0.15, 0.2) is 6.61 Å². The highest BCUT2D eigenvalue weighted by Crippen LogP contribution is 2.30. The van der Waals surface area contributed by atoms with Crippen LogP contribution in [-0.4, -0.2) is 24.4 Å². The molecule has 1 saturated carbocycles. The van der Waals surface area contributed by atoms with Gasteiger partial charge in [-0.15, -0.1) is 0 Å². The van der Waals surface area contributed by atoms with Crippen molar-refractivity contribution in [2.45, 2.75) is 12.8 Å². The maximum Gasteiger partial charge on any atom is 0.338 e. The Labute approximate surface area is 180 Å². The summed E-state index contributed by atoms with van der Waals surface area (Å²) in [5.41, 5.74) is 3.55. The minimum absolute atomic E-state index is 0.0387. The van der Waals surface area contributed by atoms with Gasteiger partial charge in [0, 0.05) is 17.3 Å². The maximum absolute atomic E-state index is 12.3. The molecule has 0 unspecified atom stereocenters. The van der Waals surface area contributed by atoms with E-state index >= 15 is 0 Å². The maximum atomic E-state index is 12.3. The third kappa shape index (κ3) is 5.57. The number of esters is 1. The summed E-state index contributed by atoms with van der Waals surface area (Å²) in [7, 11) is 0. The van der Waals surface area contributed by atoms with Crippen LogP contribution >= 0.6 is 0 Å². The molecular formula is C25H22N2O4. The first-order chi connectivity index (χ1) is 15.1. The smallest absolute Gasteiger partial charge is 0.338 e. The number of ether oxygens (including phenoxy) is 1. The summed E-state index contributed by atoms with van der Waals surface area (Å²) in [6, 6.07) is 23.8. The zero-order valence-corrected chi connectivity index (χ0v) is 16.8. The summed E-state index contributed by atoms with van der Waals surface area (Å²) in [5, 5.41) is 5.50. The van der Waals surface area contributed by atoms with E-state index < -0.39 is 18.5 Å². The molecule has 0 spiro atoms. The Balaban J connectivity index is 1.28. The fourth-order valence-electron chi connectivity index (χ4n) is 3.10. The highest BCUT2D eigenvalue weighted by Gasteiger charge is 2.29. The Morgan fingerprint density at radius 3 is 2.19 bits per heavy atom. The number of anilines is 2. The lowest BCUT2D eigenvalue weighted by Gasteiger charge is -2.09. The van der Waals surface area contributed by atoms with Gasteiger partial charge in [-0.2, -0.15) is 0 Å². The summed E-state index contributed by atoms with van der Waals surface area (Å²) in [4.78, 5) is 36.3. The number of hydrogen-bond acceptors (Lipinski definition) is 4. The van der Waals surface area contributed by atoms with Crippen molar-refractivity contribution >= 4 is 29.2 Å². The number of hydrogen-bond donors (Lipinski definition) is 2. The van der Waals surface area contributed by atoms with Crippen molar-refractivity contribution in [2.24, 2.45) is 5.92 Å². The van der Waals surface area contributed by atoms with Crippen LogP contribution < -0.4 is 10.6 Å². The first-order valence-corrected chi connectivity index (χ1v) is 10.1. The normalized spacial score (nSPS) is 12.6. The molecule has 0 aliphatic heterocycles. The van der Waals surface area contributed by atoms with E-state index in [-0.39, 0.29) is 17.4 Å². The zero-order chi connectivity index (χ0) is 21.6. The second kappa shape index (κ2) is 9.26. The highest BCUT2D eigenvalue weighted by atomic mass is 16.5. The molecule has 0 radical (unpaired) electrons. The van der Waals surface area contributed by atoms with Crippen LogP contribution in [0.2, 0.25) is 0 Å². The van der Waals surface area contributed by atoms with Crippen LogP contribution in [0, 0.1) is 5.92 Å². The molecule has 156 valence electrons. The highest BCUT2D eigenvalue weighted by molar-refractivity contribution is 5.98. The molecule has 2 N–H and O–H groups in total. The van der Waals surface area contributed by atoms with Gasteiger partial charge in [0.1, 0.15) is 0 Å². The predicted octanol–water partition coefficient (Wildman–Crippen LogP) is 4.50. The Hall–Kier alpha value is -3.93. The van der Waals surface area contributed by atoms with Gasteiger partial charge in [-0.1, -0.05) is 48.5 Å². The lowest BCUT2D eigenvalue weighted by Crippen LogP contribution is -2.21. The minimum Gasteiger partial charge on any atom is -0.452 e. The van der Waals surface area contributed by atoms with E-state index in [1.807, 2.05) is 42.5 Å². The molecule has 3 aromatic rings. The Bertz CT molecular complexity index is 1090. The van der Waals surface area contributed by atoms with Crippen LogP contribution in [0.25, 0.3) is 11.1 Å². The van der Waals surface area contributed by atoms with Crippen LogP contribution in [0.4, 0.5) is 11.4 Å². The molecule has 6 heteroatoms. The average molecular weight is 414 g/mol. The lowest BCUT2D eigenvalue weighted by molar-refractivity contribution is -0.119. The van der Waals surface area contributed by atoms with Crippen molar-refractivity contribution < 1.29 is 19.1 Å². The monoisotopic (exact) mass is 414 g/mol. The van der Waals surface area contributed by atoms with Crippen LogP contribution in [-0.2, 0) is 14.3 Å². The van der Waals surface area contributed by atoms with Gasteiger partial charge in [0.05, 0.1) is 5.56 Å². The molecule has 4 rings (SSSR count). The largest absolute Gasteiger partial charge is 0.452 e. The molecule has 0 bridgehead atoms. The topological polar surface area (TPSA) is 84.5 Å². The van der Waals surface area contributed by atoms with Crippen molar-refractivity contribution in [2.75, 3.05) is 17.2 Å². The Kier molecular flexibility index (Phi) is 6.08. The van der Waals surface area contributed by atoms with Gasteiger partial charge >= 0.3 is 5.97 Å². The van der Waals surface area contributed by atoms with Crippen LogP contribution in [0.3, 0.4) is 0 Å². The van der Waals surface area contributed by atoms with E-state index in [1.54, 1.807) is 36.4 Å². The number of amides is 2. The third-order valence-corrected chi connectivity index (χ3v) is 4.92. The molecule has 3 aromatic carbocycles. The third-order valence-electron chi connectivity index (χ3n) is 4.92. The Morgan fingerprint density at radius 2 is 1.48 bits per heavy atom. The van der Waals surface area contributed by atoms with Crippen LogP contribution in [0.5, 0.6) is 0 Å². The van der Waals surface area contributed by atoms with E-state index in [1.165, 1.54) is 0 Å². The van der Waals surface area contributed by atoms with E-state index in [0.29, 0.717) is 11.4 Å². The van der Waals surface area contributed by atoms with Gasteiger partial charge in [0.2, 0.25) is 5.91 Å². The van der Waals surface area contributed by atoms with E-state index in [2.05, 4.69) is 10.6 Å². The van der Waals surface area contributed by atoms with Gasteiger partial charge in [0.25, 0.3) is 5.91 Å². The van der Waals surface area contributed by atoms with Crippen molar-refractivity contribution in [3.05, 3.63) is 84.4 Å². The summed E-state index contributed by atoms with van der Waals surface area (Å²) < 4.78 is 5.11. The number of benzene rings is 3. The predicted molar refractivity (Wildman–Crippen MR) is 119 cm³/mol. The molecule has 1 aliphatic carbocycles. The summed E-state index contributed by atoms with van der Waals surface area (Å²) in [5.74, 6) is -1.03. The standard InChI is InChI=1S/C25H22N2O4/c28-23(26-21-13-11-18(12-14-21)17-5-2-1-3-6-17)16-31-25(30)20-7-4-8-22(15-20)27-24(29)19-9-10-19/h1-8,11-15,19H,9-10,16H2,(H,26,28)(H,27,29). The fraction of sp³-hybridized carbons (Fsp3) is 0.160. The molecule has 6 nitrogen and oxygen atoms in total. The summed E-state index contributed by atoms with van der Waals surface area (Å²) >= 11 is 0. The van der Waals surface area contributed by atoms with E-state index in [4.69, 9.17) is 4.74 Å². The second-order valence-electron chi connectivity index (χ2n) is 7.41. The summed E-state index contributed by atoms with van der Waals surface area (Å²) in [6.07, 6.45) is 1.80. The molecule has 2 amide bonds. The number of rotatable bonds is 7. The first kappa shape index (κ1) is 20.3. The Morgan fingerprint density at radius 1 is 0.774 bits per heavy atom. The first-order valence-electron chi connectivity index (χ1n) is 10.1. The van der Waals surface area contributed by atoms with E-state index in [0.717, 1.165) is 24.0 Å². The second-order valence-corrected chi connectivity index (χ2v) is 7.41. The SMILES string of the molecule is O=C(COC(=O)c1cccc(NC(=O)C2CC2)c1)Nc1ccc(-c2ccccc2)cc1. The van der Waals surface area contributed by atoms with Crippen LogP contribution in [0.15, 0.2) is 78.9 Å². The van der Waals surface area contributed by atoms with Gasteiger partial charge in [-0.05, 0) is 54.3 Å². The number of nitrogens with one attached hydrogen (secondary N) is 2. The van der Waals surface area contributed by atoms with Crippen molar-refractivity contribution in [1.82, 2.24) is 0 Å². The quantitative estimate of drug-likeness (QED) is 0.558. The van der Waals surface area contributed by atoms with Gasteiger partial charge < -0.3 is 15.4 Å².